The van der Waals surface area contributed by atoms with E-state index in [1.807, 2.05) is 0 Å². The molecule has 0 heterocycles. The van der Waals surface area contributed by atoms with E-state index in [1.165, 1.54) is 16.3 Å². The third-order valence-electron chi connectivity index (χ3n) is 3.65. The molecule has 1 nitrogen and oxygen atoms in total. The van der Waals surface area contributed by atoms with Gasteiger partial charge in [-0.2, -0.15) is 0 Å². The van der Waals surface area contributed by atoms with Gasteiger partial charge in [-0.3, -0.25) is 4.90 Å². The van der Waals surface area contributed by atoms with Gasteiger partial charge in [-0.25, -0.2) is 0 Å². The fourth-order valence-electron chi connectivity index (χ4n) is 2.00. The number of hydrogen-bond acceptors (Lipinski definition) is 1. The second kappa shape index (κ2) is 5.41. The zero-order valence-corrected chi connectivity index (χ0v) is 12.9. The standard InChI is InChI=1S/C16H20BrN/c1-16(2,12-17)18(3)11-14-9-6-8-13-7-4-5-10-15(13)14/h4-10H,11-12H2,1-3H3. The number of rotatable bonds is 4. The maximum absolute atomic E-state index is 3.59. The summed E-state index contributed by atoms with van der Waals surface area (Å²) in [5.41, 5.74) is 1.56. The number of fused-ring (bicyclic) bond motifs is 1. The number of benzene rings is 2. The lowest BCUT2D eigenvalue weighted by atomic mass is 10.0. The van der Waals surface area contributed by atoms with Crippen LogP contribution in [-0.4, -0.2) is 22.8 Å². The van der Waals surface area contributed by atoms with Gasteiger partial charge < -0.3 is 0 Å². The highest BCUT2D eigenvalue weighted by molar-refractivity contribution is 9.09. The molecular formula is C16H20BrN. The zero-order chi connectivity index (χ0) is 13.2. The molecule has 0 amide bonds. The zero-order valence-electron chi connectivity index (χ0n) is 11.3. The van der Waals surface area contributed by atoms with Crippen molar-refractivity contribution >= 4 is 26.7 Å². The second-order valence-corrected chi connectivity index (χ2v) is 6.00. The molecule has 0 saturated carbocycles. The summed E-state index contributed by atoms with van der Waals surface area (Å²) in [6.07, 6.45) is 0. The summed E-state index contributed by atoms with van der Waals surface area (Å²) < 4.78 is 0. The van der Waals surface area contributed by atoms with Crippen molar-refractivity contribution in [2.45, 2.75) is 25.9 Å². The molecule has 2 heteroatoms. The fourth-order valence-corrected chi connectivity index (χ4v) is 2.43. The van der Waals surface area contributed by atoms with Crippen LogP contribution in [0.5, 0.6) is 0 Å². The molecule has 0 aromatic heterocycles. The van der Waals surface area contributed by atoms with Crippen molar-refractivity contribution in [1.82, 2.24) is 4.90 Å². The Morgan fingerprint density at radius 1 is 1.06 bits per heavy atom. The van der Waals surface area contributed by atoms with Gasteiger partial charge in [0.05, 0.1) is 0 Å². The molecule has 2 aromatic carbocycles. The highest BCUT2D eigenvalue weighted by atomic mass is 79.9. The van der Waals surface area contributed by atoms with Crippen LogP contribution in [0.15, 0.2) is 42.5 Å². The van der Waals surface area contributed by atoms with E-state index < -0.39 is 0 Å². The molecule has 0 unspecified atom stereocenters. The molecular weight excluding hydrogens is 286 g/mol. The third kappa shape index (κ3) is 2.76. The number of halogens is 1. The van der Waals surface area contributed by atoms with Crippen LogP contribution in [0.3, 0.4) is 0 Å². The first-order chi connectivity index (χ1) is 8.54. The third-order valence-corrected chi connectivity index (χ3v) is 5.02. The van der Waals surface area contributed by atoms with Crippen LogP contribution in [0, 0.1) is 0 Å². The molecule has 0 bridgehead atoms. The average Bonchev–Trinajstić information content (AvgIpc) is 2.39. The molecule has 0 radical (unpaired) electrons. The summed E-state index contributed by atoms with van der Waals surface area (Å²) in [7, 11) is 2.18. The van der Waals surface area contributed by atoms with Crippen molar-refractivity contribution in [3.8, 4) is 0 Å². The summed E-state index contributed by atoms with van der Waals surface area (Å²) in [5.74, 6) is 0. The first-order valence-electron chi connectivity index (χ1n) is 6.28. The lowest BCUT2D eigenvalue weighted by Gasteiger charge is -2.34. The molecule has 0 atom stereocenters. The molecule has 18 heavy (non-hydrogen) atoms. The Bertz CT molecular complexity index is 528. The SMILES string of the molecule is CN(Cc1cccc2ccccc12)C(C)(C)CBr. The molecule has 0 fully saturated rings. The smallest absolute Gasteiger partial charge is 0.0250 e. The average molecular weight is 306 g/mol. The normalized spacial score (nSPS) is 12.3. The van der Waals surface area contributed by atoms with Gasteiger partial charge in [0.2, 0.25) is 0 Å². The van der Waals surface area contributed by atoms with Crippen LogP contribution in [0.2, 0.25) is 0 Å². The van der Waals surface area contributed by atoms with Gasteiger partial charge in [0.15, 0.2) is 0 Å². The van der Waals surface area contributed by atoms with Crippen molar-refractivity contribution in [3.63, 3.8) is 0 Å². The Morgan fingerprint density at radius 2 is 1.72 bits per heavy atom. The summed E-state index contributed by atoms with van der Waals surface area (Å²) in [5, 5.41) is 3.65. The maximum atomic E-state index is 3.59. The maximum Gasteiger partial charge on any atom is 0.0250 e. The molecule has 0 spiro atoms. The largest absolute Gasteiger partial charge is 0.296 e. The van der Waals surface area contributed by atoms with E-state index in [0.29, 0.717) is 0 Å². The topological polar surface area (TPSA) is 3.24 Å². The van der Waals surface area contributed by atoms with E-state index in [9.17, 15) is 0 Å². The predicted octanol–water partition coefficient (Wildman–Crippen LogP) is 4.45. The monoisotopic (exact) mass is 305 g/mol. The summed E-state index contributed by atoms with van der Waals surface area (Å²) in [6.45, 7) is 5.49. The van der Waals surface area contributed by atoms with E-state index in [-0.39, 0.29) is 5.54 Å². The predicted molar refractivity (Wildman–Crippen MR) is 83.3 cm³/mol. The van der Waals surface area contributed by atoms with Crippen molar-refractivity contribution < 1.29 is 0 Å². The van der Waals surface area contributed by atoms with Crippen LogP contribution in [0.4, 0.5) is 0 Å². The van der Waals surface area contributed by atoms with E-state index >= 15 is 0 Å². The van der Waals surface area contributed by atoms with E-state index in [2.05, 4.69) is 84.2 Å². The van der Waals surface area contributed by atoms with E-state index in [1.54, 1.807) is 0 Å². The van der Waals surface area contributed by atoms with Gasteiger partial charge in [-0.05, 0) is 37.2 Å². The Labute approximate surface area is 118 Å². The van der Waals surface area contributed by atoms with Gasteiger partial charge in [0.25, 0.3) is 0 Å². The van der Waals surface area contributed by atoms with Gasteiger partial charge in [-0.1, -0.05) is 58.4 Å². The van der Waals surface area contributed by atoms with Crippen molar-refractivity contribution in [1.29, 1.82) is 0 Å². The lowest BCUT2D eigenvalue weighted by Crippen LogP contribution is -2.42. The number of alkyl halides is 1. The van der Waals surface area contributed by atoms with Gasteiger partial charge in [0.1, 0.15) is 0 Å². The molecule has 0 aliphatic heterocycles. The van der Waals surface area contributed by atoms with E-state index in [4.69, 9.17) is 0 Å². The Balaban J connectivity index is 2.32. The minimum atomic E-state index is 0.164. The highest BCUT2D eigenvalue weighted by Crippen LogP contribution is 2.23. The molecule has 0 N–H and O–H groups in total. The van der Waals surface area contributed by atoms with Gasteiger partial charge >= 0.3 is 0 Å². The van der Waals surface area contributed by atoms with Crippen molar-refractivity contribution in [2.24, 2.45) is 0 Å². The molecule has 0 saturated heterocycles. The molecule has 0 aliphatic carbocycles. The van der Waals surface area contributed by atoms with Crippen LogP contribution >= 0.6 is 15.9 Å². The van der Waals surface area contributed by atoms with Gasteiger partial charge in [0, 0.05) is 17.4 Å². The first-order valence-corrected chi connectivity index (χ1v) is 7.40. The first kappa shape index (κ1) is 13.6. The quantitative estimate of drug-likeness (QED) is 0.755. The molecule has 0 aliphatic rings. The fraction of sp³-hybridized carbons (Fsp3) is 0.375. The lowest BCUT2D eigenvalue weighted by molar-refractivity contribution is 0.174. The van der Waals surface area contributed by atoms with E-state index in [0.717, 1.165) is 11.9 Å². The van der Waals surface area contributed by atoms with Crippen LogP contribution < -0.4 is 0 Å². The van der Waals surface area contributed by atoms with Crippen LogP contribution in [-0.2, 0) is 6.54 Å². The van der Waals surface area contributed by atoms with Crippen LogP contribution in [0.1, 0.15) is 19.4 Å². The van der Waals surface area contributed by atoms with Gasteiger partial charge in [-0.15, -0.1) is 0 Å². The minimum absolute atomic E-state index is 0.164. The summed E-state index contributed by atoms with van der Waals surface area (Å²) in [4.78, 5) is 2.39. The van der Waals surface area contributed by atoms with Crippen molar-refractivity contribution in [3.05, 3.63) is 48.0 Å². The summed E-state index contributed by atoms with van der Waals surface area (Å²) >= 11 is 3.59. The molecule has 96 valence electrons. The Hall–Kier alpha value is -0.860. The Morgan fingerprint density at radius 3 is 2.44 bits per heavy atom. The highest BCUT2D eigenvalue weighted by Gasteiger charge is 2.22. The van der Waals surface area contributed by atoms with Crippen molar-refractivity contribution in [2.75, 3.05) is 12.4 Å². The minimum Gasteiger partial charge on any atom is -0.296 e. The second-order valence-electron chi connectivity index (χ2n) is 5.44. The molecule has 2 rings (SSSR count). The van der Waals surface area contributed by atoms with Crippen LogP contribution in [0.25, 0.3) is 10.8 Å². The number of hydrogen-bond donors (Lipinski definition) is 0. The number of nitrogens with zero attached hydrogens (tertiary/aromatic N) is 1. The Kier molecular flexibility index (Phi) is 4.08. The molecule has 2 aromatic rings. The summed E-state index contributed by atoms with van der Waals surface area (Å²) in [6, 6.07) is 15.1.